The van der Waals surface area contributed by atoms with Crippen molar-refractivity contribution in [2.24, 2.45) is 0 Å². The number of aliphatic hydroxyl groups is 1. The van der Waals surface area contributed by atoms with Crippen molar-refractivity contribution in [3.8, 4) is 0 Å². The van der Waals surface area contributed by atoms with Crippen molar-refractivity contribution in [1.82, 2.24) is 9.80 Å². The Morgan fingerprint density at radius 3 is 2.90 bits per heavy atom. The van der Waals surface area contributed by atoms with Gasteiger partial charge in [0.25, 0.3) is 0 Å². The van der Waals surface area contributed by atoms with Gasteiger partial charge in [-0.3, -0.25) is 9.69 Å². The molecule has 0 radical (unpaired) electrons. The SMILES string of the molecule is Cc1ccc(CN(CCCO)C(=O)[C@@H]2CCCN2C)s1. The minimum atomic E-state index is 0.0229. The monoisotopic (exact) mass is 296 g/mol. The number of hydrogen-bond acceptors (Lipinski definition) is 4. The second kappa shape index (κ2) is 7.20. The van der Waals surface area contributed by atoms with Gasteiger partial charge in [-0.2, -0.15) is 0 Å². The molecule has 4 nitrogen and oxygen atoms in total. The number of hydrogen-bond donors (Lipinski definition) is 1. The number of rotatable bonds is 6. The molecule has 0 spiro atoms. The Kier molecular flexibility index (Phi) is 5.57. The fourth-order valence-corrected chi connectivity index (χ4v) is 3.63. The summed E-state index contributed by atoms with van der Waals surface area (Å²) >= 11 is 1.74. The van der Waals surface area contributed by atoms with Crippen LogP contribution in [0.15, 0.2) is 12.1 Å². The molecule has 2 rings (SSSR count). The zero-order chi connectivity index (χ0) is 14.5. The first-order valence-corrected chi connectivity index (χ1v) is 8.08. The van der Waals surface area contributed by atoms with Gasteiger partial charge in [0.1, 0.15) is 0 Å². The van der Waals surface area contributed by atoms with E-state index in [9.17, 15) is 4.79 Å². The zero-order valence-corrected chi connectivity index (χ0v) is 13.2. The summed E-state index contributed by atoms with van der Waals surface area (Å²) in [7, 11) is 2.02. The highest BCUT2D eigenvalue weighted by Crippen LogP contribution is 2.21. The van der Waals surface area contributed by atoms with Gasteiger partial charge >= 0.3 is 0 Å². The van der Waals surface area contributed by atoms with Crippen LogP contribution in [0.1, 0.15) is 29.0 Å². The molecule has 0 saturated carbocycles. The molecule has 0 bridgehead atoms. The summed E-state index contributed by atoms with van der Waals surface area (Å²) in [5.41, 5.74) is 0. The third-order valence-corrected chi connectivity index (χ3v) is 4.83. The highest BCUT2D eigenvalue weighted by molar-refractivity contribution is 7.11. The van der Waals surface area contributed by atoms with Crippen LogP contribution in [0.25, 0.3) is 0 Å². The van der Waals surface area contributed by atoms with E-state index in [1.54, 1.807) is 11.3 Å². The first kappa shape index (κ1) is 15.5. The van der Waals surface area contributed by atoms with Crippen LogP contribution >= 0.6 is 11.3 Å². The molecule has 112 valence electrons. The lowest BCUT2D eigenvalue weighted by Gasteiger charge is -2.28. The van der Waals surface area contributed by atoms with E-state index in [4.69, 9.17) is 5.11 Å². The molecule has 1 atom stereocenters. The van der Waals surface area contributed by atoms with Crippen LogP contribution in [-0.2, 0) is 11.3 Å². The van der Waals surface area contributed by atoms with E-state index in [0.29, 0.717) is 19.5 Å². The predicted molar refractivity (Wildman–Crippen MR) is 81.8 cm³/mol. The Hall–Kier alpha value is -0.910. The maximum atomic E-state index is 12.7. The van der Waals surface area contributed by atoms with E-state index >= 15 is 0 Å². The second-order valence-corrected chi connectivity index (χ2v) is 6.86. The van der Waals surface area contributed by atoms with Crippen molar-refractivity contribution in [2.75, 3.05) is 26.7 Å². The Morgan fingerprint density at radius 2 is 2.35 bits per heavy atom. The summed E-state index contributed by atoms with van der Waals surface area (Å²) in [6.45, 7) is 4.52. The normalized spacial score (nSPS) is 19.4. The van der Waals surface area contributed by atoms with Crippen molar-refractivity contribution in [2.45, 2.75) is 38.8 Å². The molecule has 1 N–H and O–H groups in total. The number of likely N-dealkylation sites (tertiary alicyclic amines) is 1. The fraction of sp³-hybridized carbons (Fsp3) is 0.667. The summed E-state index contributed by atoms with van der Waals surface area (Å²) in [4.78, 5) is 19.2. The quantitative estimate of drug-likeness (QED) is 0.871. The highest BCUT2D eigenvalue weighted by atomic mass is 32.1. The van der Waals surface area contributed by atoms with E-state index < -0.39 is 0 Å². The van der Waals surface area contributed by atoms with Gasteiger partial charge in [-0.25, -0.2) is 0 Å². The van der Waals surface area contributed by atoms with E-state index in [1.807, 2.05) is 11.9 Å². The molecule has 0 aromatic carbocycles. The van der Waals surface area contributed by atoms with Gasteiger partial charge in [-0.1, -0.05) is 0 Å². The van der Waals surface area contributed by atoms with E-state index in [0.717, 1.165) is 19.4 Å². The number of likely N-dealkylation sites (N-methyl/N-ethyl adjacent to an activating group) is 1. The standard InChI is InChI=1S/C15H24N2O2S/c1-12-6-7-13(20-12)11-17(9-4-10-18)15(19)14-5-3-8-16(14)2/h6-7,14,18H,3-5,8-11H2,1-2H3/t14-/m0/s1. The molecule has 1 aliphatic heterocycles. The molecule has 1 fully saturated rings. The van der Waals surface area contributed by atoms with Crippen LogP contribution in [0.5, 0.6) is 0 Å². The molecule has 20 heavy (non-hydrogen) atoms. The van der Waals surface area contributed by atoms with Gasteiger partial charge in [0.05, 0.1) is 12.6 Å². The lowest BCUT2D eigenvalue weighted by Crippen LogP contribution is -2.44. The smallest absolute Gasteiger partial charge is 0.240 e. The molecule has 1 amide bonds. The summed E-state index contributed by atoms with van der Waals surface area (Å²) in [6.07, 6.45) is 2.69. The van der Waals surface area contributed by atoms with Gasteiger partial charge in [-0.15, -0.1) is 11.3 Å². The Bertz CT molecular complexity index is 447. The van der Waals surface area contributed by atoms with Crippen LogP contribution in [0.3, 0.4) is 0 Å². The van der Waals surface area contributed by atoms with Crippen LogP contribution in [-0.4, -0.2) is 53.6 Å². The Labute approximate surface area is 125 Å². The Morgan fingerprint density at radius 1 is 1.55 bits per heavy atom. The van der Waals surface area contributed by atoms with E-state index in [-0.39, 0.29) is 18.6 Å². The number of nitrogens with zero attached hydrogens (tertiary/aromatic N) is 2. The van der Waals surface area contributed by atoms with Gasteiger partial charge in [-0.05, 0) is 51.9 Å². The molecule has 0 aliphatic carbocycles. The average Bonchev–Trinajstić information content (AvgIpc) is 3.02. The van der Waals surface area contributed by atoms with Crippen LogP contribution in [0.4, 0.5) is 0 Å². The summed E-state index contributed by atoms with van der Waals surface area (Å²) < 4.78 is 0. The summed E-state index contributed by atoms with van der Waals surface area (Å²) in [5.74, 6) is 0.213. The molecular weight excluding hydrogens is 272 g/mol. The Balaban J connectivity index is 2.03. The maximum Gasteiger partial charge on any atom is 0.240 e. The van der Waals surface area contributed by atoms with Gasteiger partial charge < -0.3 is 10.0 Å². The molecule has 1 aliphatic rings. The van der Waals surface area contributed by atoms with Gasteiger partial charge in [0.15, 0.2) is 0 Å². The summed E-state index contributed by atoms with van der Waals surface area (Å²) in [6, 6.07) is 4.21. The van der Waals surface area contributed by atoms with Crippen LogP contribution < -0.4 is 0 Å². The van der Waals surface area contributed by atoms with Crippen molar-refractivity contribution in [3.05, 3.63) is 21.9 Å². The van der Waals surface area contributed by atoms with Gasteiger partial charge in [0.2, 0.25) is 5.91 Å². The highest BCUT2D eigenvalue weighted by Gasteiger charge is 2.31. The molecular formula is C15H24N2O2S. The summed E-state index contributed by atoms with van der Waals surface area (Å²) in [5, 5.41) is 9.04. The van der Waals surface area contributed by atoms with Crippen LogP contribution in [0, 0.1) is 6.92 Å². The number of thiophene rings is 1. The third kappa shape index (κ3) is 3.81. The molecule has 1 aromatic heterocycles. The van der Waals surface area contributed by atoms with E-state index in [2.05, 4.69) is 24.0 Å². The molecule has 5 heteroatoms. The van der Waals surface area contributed by atoms with Gasteiger partial charge in [0, 0.05) is 22.9 Å². The number of carbonyl (C=O) groups is 1. The van der Waals surface area contributed by atoms with Crippen molar-refractivity contribution in [1.29, 1.82) is 0 Å². The van der Waals surface area contributed by atoms with Crippen LogP contribution in [0.2, 0.25) is 0 Å². The minimum Gasteiger partial charge on any atom is -0.396 e. The largest absolute Gasteiger partial charge is 0.396 e. The first-order chi connectivity index (χ1) is 9.61. The molecule has 1 saturated heterocycles. The maximum absolute atomic E-state index is 12.7. The minimum absolute atomic E-state index is 0.0229. The van der Waals surface area contributed by atoms with Crippen molar-refractivity contribution < 1.29 is 9.90 Å². The predicted octanol–water partition coefficient (Wildman–Crippen LogP) is 1.86. The number of aliphatic hydroxyl groups excluding tert-OH is 1. The molecule has 2 heterocycles. The second-order valence-electron chi connectivity index (χ2n) is 5.49. The number of amides is 1. The van der Waals surface area contributed by atoms with Crippen molar-refractivity contribution in [3.63, 3.8) is 0 Å². The number of carbonyl (C=O) groups excluding carboxylic acids is 1. The zero-order valence-electron chi connectivity index (χ0n) is 12.3. The van der Waals surface area contributed by atoms with E-state index in [1.165, 1.54) is 9.75 Å². The first-order valence-electron chi connectivity index (χ1n) is 7.27. The van der Waals surface area contributed by atoms with Crippen molar-refractivity contribution >= 4 is 17.2 Å². The lowest BCUT2D eigenvalue weighted by molar-refractivity contribution is -0.136. The topological polar surface area (TPSA) is 43.8 Å². The average molecular weight is 296 g/mol. The fourth-order valence-electron chi connectivity index (χ4n) is 2.72. The molecule has 1 aromatic rings. The third-order valence-electron chi connectivity index (χ3n) is 3.85. The lowest BCUT2D eigenvalue weighted by atomic mass is 10.2. The number of aryl methyl sites for hydroxylation is 1. The molecule has 0 unspecified atom stereocenters.